The Bertz CT molecular complexity index is 857. The van der Waals surface area contributed by atoms with E-state index in [0.717, 1.165) is 12.0 Å². The fourth-order valence-electron chi connectivity index (χ4n) is 3.97. The van der Waals surface area contributed by atoms with Gasteiger partial charge in [0.1, 0.15) is 6.20 Å². The lowest BCUT2D eigenvalue weighted by Crippen LogP contribution is -2.40. The number of hydrogen-bond acceptors (Lipinski definition) is 5. The molecule has 0 radical (unpaired) electrons. The van der Waals surface area contributed by atoms with Gasteiger partial charge in [0.15, 0.2) is 0 Å². The van der Waals surface area contributed by atoms with Crippen LogP contribution in [0, 0.1) is 22.0 Å². The predicted molar refractivity (Wildman–Crippen MR) is 93.6 cm³/mol. The van der Waals surface area contributed by atoms with E-state index in [-0.39, 0.29) is 23.5 Å². The molecule has 0 bridgehead atoms. The first-order chi connectivity index (χ1) is 12.6. The molecule has 0 aromatic carbocycles. The van der Waals surface area contributed by atoms with Gasteiger partial charge in [0.05, 0.1) is 28.4 Å². The minimum absolute atomic E-state index is 0.0574. The Morgan fingerprint density at radius 2 is 1.85 bits per heavy atom. The van der Waals surface area contributed by atoms with Crippen molar-refractivity contribution in [3.8, 4) is 0 Å². The molecule has 1 aromatic heterocycles. The number of nitro groups is 1. The lowest BCUT2D eigenvalue weighted by atomic mass is 9.90. The summed E-state index contributed by atoms with van der Waals surface area (Å²) in [5, 5.41) is 11.3. The number of carbonyl (C=O) groups is 2. The fourth-order valence-corrected chi connectivity index (χ4v) is 3.97. The van der Waals surface area contributed by atoms with Crippen molar-refractivity contribution >= 4 is 23.1 Å². The first-order valence-corrected chi connectivity index (χ1v) is 8.59. The SMILES string of the molecule is O=C1C2C=CC=CC2C(=O)N1C1C=C(c2ccncc2[N+](=O)[O-])CCC1. The molecule has 1 saturated heterocycles. The van der Waals surface area contributed by atoms with E-state index in [2.05, 4.69) is 4.98 Å². The van der Waals surface area contributed by atoms with Crippen LogP contribution >= 0.6 is 0 Å². The Hall–Kier alpha value is -3.09. The second-order valence-corrected chi connectivity index (χ2v) is 6.67. The van der Waals surface area contributed by atoms with E-state index in [1.54, 1.807) is 30.4 Å². The molecule has 1 fully saturated rings. The molecule has 3 aliphatic rings. The summed E-state index contributed by atoms with van der Waals surface area (Å²) in [4.78, 5) is 41.5. The van der Waals surface area contributed by atoms with Gasteiger partial charge in [-0.1, -0.05) is 30.4 Å². The average molecular weight is 351 g/mol. The van der Waals surface area contributed by atoms with Crippen molar-refractivity contribution in [2.75, 3.05) is 0 Å². The molecule has 26 heavy (non-hydrogen) atoms. The molecule has 3 atom stereocenters. The highest BCUT2D eigenvalue weighted by atomic mass is 16.6. The number of aromatic nitrogens is 1. The molecule has 1 aromatic rings. The number of allylic oxidation sites excluding steroid dienone is 3. The summed E-state index contributed by atoms with van der Waals surface area (Å²) in [6.45, 7) is 0. The van der Waals surface area contributed by atoms with Crippen LogP contribution in [0.5, 0.6) is 0 Å². The topological polar surface area (TPSA) is 93.4 Å². The van der Waals surface area contributed by atoms with Crippen molar-refractivity contribution in [3.63, 3.8) is 0 Å². The van der Waals surface area contributed by atoms with Crippen LogP contribution in [0.25, 0.3) is 5.57 Å². The lowest BCUT2D eigenvalue weighted by Gasteiger charge is -2.28. The summed E-state index contributed by atoms with van der Waals surface area (Å²) in [6, 6.07) is 1.25. The van der Waals surface area contributed by atoms with Crippen molar-refractivity contribution in [2.24, 2.45) is 11.8 Å². The summed E-state index contributed by atoms with van der Waals surface area (Å²) < 4.78 is 0. The first kappa shape index (κ1) is 16.4. The van der Waals surface area contributed by atoms with Crippen molar-refractivity contribution in [3.05, 3.63) is 64.5 Å². The zero-order chi connectivity index (χ0) is 18.3. The van der Waals surface area contributed by atoms with E-state index in [9.17, 15) is 19.7 Å². The molecule has 2 amide bonds. The molecule has 2 aliphatic carbocycles. The Labute approximate surface area is 149 Å². The van der Waals surface area contributed by atoms with Crippen LogP contribution in [-0.2, 0) is 9.59 Å². The Morgan fingerprint density at radius 3 is 2.50 bits per heavy atom. The molecule has 2 heterocycles. The van der Waals surface area contributed by atoms with Gasteiger partial charge in [-0.15, -0.1) is 0 Å². The van der Waals surface area contributed by atoms with Crippen molar-refractivity contribution in [2.45, 2.75) is 25.3 Å². The van der Waals surface area contributed by atoms with Gasteiger partial charge in [-0.05, 0) is 30.9 Å². The molecule has 132 valence electrons. The number of fused-ring (bicyclic) bond motifs is 1. The smallest absolute Gasteiger partial charge is 0.275 e. The molecule has 1 aliphatic heterocycles. The number of hydrogen-bond donors (Lipinski definition) is 0. The molecular weight excluding hydrogens is 334 g/mol. The number of imide groups is 1. The van der Waals surface area contributed by atoms with Crippen LogP contribution in [0.3, 0.4) is 0 Å². The maximum Gasteiger partial charge on any atom is 0.294 e. The summed E-state index contributed by atoms with van der Waals surface area (Å²) in [6.07, 6.45) is 13.8. The molecular formula is C19H17N3O4. The largest absolute Gasteiger partial charge is 0.294 e. The maximum atomic E-state index is 12.7. The number of pyridine rings is 1. The Morgan fingerprint density at radius 1 is 1.15 bits per heavy atom. The van der Waals surface area contributed by atoms with E-state index < -0.39 is 16.8 Å². The highest BCUT2D eigenvalue weighted by Gasteiger charge is 2.48. The molecule has 3 unspecified atom stereocenters. The molecule has 0 N–H and O–H groups in total. The number of nitrogens with zero attached hydrogens (tertiary/aromatic N) is 3. The number of carbonyl (C=O) groups excluding carboxylic acids is 2. The standard InChI is InChI=1S/C19H17N3O4/c23-18-15-6-1-2-7-16(15)19(24)21(18)13-5-3-4-12(10-13)14-8-9-20-11-17(14)22(25)26/h1-2,6-11,13,15-16H,3-5H2. The monoisotopic (exact) mass is 351 g/mol. The lowest BCUT2D eigenvalue weighted by molar-refractivity contribution is -0.385. The minimum atomic E-state index is -0.455. The Balaban J connectivity index is 1.69. The number of rotatable bonds is 3. The zero-order valence-electron chi connectivity index (χ0n) is 13.9. The summed E-state index contributed by atoms with van der Waals surface area (Å²) in [5.41, 5.74) is 1.24. The normalized spacial score (nSPS) is 27.5. The zero-order valence-corrected chi connectivity index (χ0v) is 13.9. The average Bonchev–Trinajstić information content (AvgIpc) is 2.93. The van der Waals surface area contributed by atoms with E-state index in [1.165, 1.54) is 17.3 Å². The third kappa shape index (κ3) is 2.56. The summed E-state index contributed by atoms with van der Waals surface area (Å²) in [7, 11) is 0. The van der Waals surface area contributed by atoms with Gasteiger partial charge in [0.25, 0.3) is 5.69 Å². The third-order valence-corrected chi connectivity index (χ3v) is 5.19. The summed E-state index contributed by atoms with van der Waals surface area (Å²) >= 11 is 0. The van der Waals surface area contributed by atoms with Gasteiger partial charge in [-0.3, -0.25) is 29.6 Å². The van der Waals surface area contributed by atoms with Gasteiger partial charge in [0.2, 0.25) is 11.8 Å². The van der Waals surface area contributed by atoms with Crippen LogP contribution in [-0.4, -0.2) is 32.7 Å². The van der Waals surface area contributed by atoms with Crippen LogP contribution in [0.15, 0.2) is 48.8 Å². The van der Waals surface area contributed by atoms with E-state index >= 15 is 0 Å². The van der Waals surface area contributed by atoms with Crippen LogP contribution < -0.4 is 0 Å². The van der Waals surface area contributed by atoms with Gasteiger partial charge < -0.3 is 0 Å². The number of likely N-dealkylation sites (tertiary alicyclic amines) is 1. The number of amides is 2. The molecule has 0 spiro atoms. The molecule has 0 saturated carbocycles. The molecule has 7 nitrogen and oxygen atoms in total. The van der Waals surface area contributed by atoms with Crippen LogP contribution in [0.2, 0.25) is 0 Å². The van der Waals surface area contributed by atoms with Gasteiger partial charge in [-0.2, -0.15) is 0 Å². The van der Waals surface area contributed by atoms with E-state index in [1.807, 2.05) is 6.08 Å². The van der Waals surface area contributed by atoms with Crippen molar-refractivity contribution in [1.29, 1.82) is 0 Å². The van der Waals surface area contributed by atoms with E-state index in [0.29, 0.717) is 18.4 Å². The van der Waals surface area contributed by atoms with E-state index in [4.69, 9.17) is 0 Å². The second kappa shape index (κ2) is 6.33. The molecule has 4 rings (SSSR count). The highest BCUT2D eigenvalue weighted by molar-refractivity contribution is 6.07. The minimum Gasteiger partial charge on any atom is -0.275 e. The maximum absolute atomic E-state index is 12.7. The Kier molecular flexibility index (Phi) is 3.99. The highest BCUT2D eigenvalue weighted by Crippen LogP contribution is 2.38. The van der Waals surface area contributed by atoms with Crippen molar-refractivity contribution < 1.29 is 14.5 Å². The summed E-state index contributed by atoms with van der Waals surface area (Å²) in [5.74, 6) is -1.23. The first-order valence-electron chi connectivity index (χ1n) is 8.59. The van der Waals surface area contributed by atoms with Gasteiger partial charge in [-0.25, -0.2) is 0 Å². The van der Waals surface area contributed by atoms with Gasteiger partial charge >= 0.3 is 0 Å². The van der Waals surface area contributed by atoms with Crippen molar-refractivity contribution in [1.82, 2.24) is 9.88 Å². The molecule has 7 heteroatoms. The predicted octanol–water partition coefficient (Wildman–Crippen LogP) is 2.65. The van der Waals surface area contributed by atoms with Gasteiger partial charge in [0, 0.05) is 6.20 Å². The quantitative estimate of drug-likeness (QED) is 0.474. The third-order valence-electron chi connectivity index (χ3n) is 5.19. The van der Waals surface area contributed by atoms with Crippen LogP contribution in [0.4, 0.5) is 5.69 Å². The second-order valence-electron chi connectivity index (χ2n) is 6.67. The fraction of sp³-hybridized carbons (Fsp3) is 0.316. The van der Waals surface area contributed by atoms with Crippen LogP contribution in [0.1, 0.15) is 24.8 Å².